The summed E-state index contributed by atoms with van der Waals surface area (Å²) in [5.41, 5.74) is 4.87. The van der Waals surface area contributed by atoms with E-state index < -0.39 is 11.8 Å². The smallest absolute Gasteiger partial charge is 0.269 e. The van der Waals surface area contributed by atoms with Crippen LogP contribution in [-0.4, -0.2) is 37.4 Å². The molecule has 0 saturated heterocycles. The zero-order chi connectivity index (χ0) is 22.8. The minimum absolute atomic E-state index is 0.00454. The Morgan fingerprint density at radius 2 is 1.52 bits per heavy atom. The van der Waals surface area contributed by atoms with E-state index >= 15 is 0 Å². The number of amides is 2. The highest BCUT2D eigenvalue weighted by Gasteiger charge is 2.19. The van der Waals surface area contributed by atoms with Crippen LogP contribution in [-0.2, 0) is 4.79 Å². The number of nitrogens with one attached hydrogen (secondary N) is 2. The van der Waals surface area contributed by atoms with E-state index in [2.05, 4.69) is 10.9 Å². The molecule has 0 bridgehead atoms. The first-order chi connectivity index (χ1) is 14.9. The molecule has 0 aliphatic carbocycles. The van der Waals surface area contributed by atoms with Crippen molar-refractivity contribution in [3.05, 3.63) is 39.0 Å². The van der Waals surface area contributed by atoms with Crippen LogP contribution < -0.4 is 25.1 Å². The largest absolute Gasteiger partial charge is 0.490 e. The zero-order valence-corrected chi connectivity index (χ0v) is 19.2. The van der Waals surface area contributed by atoms with Crippen LogP contribution in [0.2, 0.25) is 4.34 Å². The molecule has 0 aliphatic heterocycles. The summed E-state index contributed by atoms with van der Waals surface area (Å²) in [5, 5.41) is 0. The molecule has 0 atom stereocenters. The second-order valence-corrected chi connectivity index (χ2v) is 7.84. The highest BCUT2D eigenvalue weighted by Crippen LogP contribution is 2.39. The number of Topliss-reactive ketones (excluding diaryl/α,β-unsaturated/α-hetero) is 1. The van der Waals surface area contributed by atoms with Crippen LogP contribution in [0.25, 0.3) is 0 Å². The van der Waals surface area contributed by atoms with E-state index in [0.717, 1.165) is 11.3 Å². The Bertz CT molecular complexity index is 903. The molecule has 2 N–H and O–H groups in total. The Balaban J connectivity index is 2.00. The number of hydrogen-bond acceptors (Lipinski definition) is 7. The van der Waals surface area contributed by atoms with Crippen molar-refractivity contribution in [2.24, 2.45) is 0 Å². The van der Waals surface area contributed by atoms with Crippen molar-refractivity contribution in [1.82, 2.24) is 10.9 Å². The average molecular weight is 469 g/mol. The van der Waals surface area contributed by atoms with Crippen molar-refractivity contribution >= 4 is 40.5 Å². The van der Waals surface area contributed by atoms with Gasteiger partial charge in [0.05, 0.1) is 29.0 Å². The van der Waals surface area contributed by atoms with Crippen LogP contribution in [0.1, 0.15) is 53.6 Å². The molecule has 0 unspecified atom stereocenters. The van der Waals surface area contributed by atoms with E-state index in [0.29, 0.717) is 46.3 Å². The molecule has 1 heterocycles. The number of rotatable bonds is 11. The molecule has 2 rings (SSSR count). The maximum atomic E-state index is 12.5. The lowest BCUT2D eigenvalue weighted by Gasteiger charge is -2.17. The Morgan fingerprint density at radius 3 is 2.03 bits per heavy atom. The quantitative estimate of drug-likeness (QED) is 0.381. The topological polar surface area (TPSA) is 103 Å². The van der Waals surface area contributed by atoms with Gasteiger partial charge in [-0.25, -0.2) is 0 Å². The lowest BCUT2D eigenvalue weighted by molar-refractivity contribution is -0.121. The molecule has 31 heavy (non-hydrogen) atoms. The minimum Gasteiger partial charge on any atom is -0.490 e. The molecule has 0 fully saturated rings. The monoisotopic (exact) mass is 468 g/mol. The van der Waals surface area contributed by atoms with Crippen molar-refractivity contribution in [2.75, 3.05) is 19.8 Å². The van der Waals surface area contributed by atoms with Gasteiger partial charge in [0.2, 0.25) is 11.7 Å². The number of thiophene rings is 1. The summed E-state index contributed by atoms with van der Waals surface area (Å²) < 4.78 is 17.3. The molecule has 0 aliphatic rings. The third kappa shape index (κ3) is 7.15. The highest BCUT2D eigenvalue weighted by molar-refractivity contribution is 7.18. The summed E-state index contributed by atoms with van der Waals surface area (Å²) in [6, 6.07) is 6.28. The molecule has 0 radical (unpaired) electrons. The van der Waals surface area contributed by atoms with E-state index in [1.165, 1.54) is 12.1 Å². The summed E-state index contributed by atoms with van der Waals surface area (Å²) in [7, 11) is 0. The van der Waals surface area contributed by atoms with E-state index in [4.69, 9.17) is 25.8 Å². The third-order valence-corrected chi connectivity index (χ3v) is 5.19. The van der Waals surface area contributed by atoms with Crippen molar-refractivity contribution in [2.45, 2.75) is 33.6 Å². The zero-order valence-electron chi connectivity index (χ0n) is 17.6. The van der Waals surface area contributed by atoms with E-state index in [9.17, 15) is 14.4 Å². The fourth-order valence-electron chi connectivity index (χ4n) is 2.60. The van der Waals surface area contributed by atoms with Gasteiger partial charge in [0.1, 0.15) is 0 Å². The van der Waals surface area contributed by atoms with Crippen LogP contribution in [0.5, 0.6) is 17.2 Å². The molecular weight excluding hydrogens is 444 g/mol. The predicted octanol–water partition coefficient (Wildman–Crippen LogP) is 4.02. The lowest BCUT2D eigenvalue weighted by atomic mass is 10.1. The number of carbonyl (C=O) groups is 3. The van der Waals surface area contributed by atoms with Gasteiger partial charge in [0, 0.05) is 18.4 Å². The maximum absolute atomic E-state index is 12.5. The van der Waals surface area contributed by atoms with Gasteiger partial charge >= 0.3 is 0 Å². The van der Waals surface area contributed by atoms with Gasteiger partial charge in [-0.3, -0.25) is 25.2 Å². The van der Waals surface area contributed by atoms with Crippen LogP contribution in [0.4, 0.5) is 0 Å². The van der Waals surface area contributed by atoms with Gasteiger partial charge in [-0.05, 0) is 45.0 Å². The number of hydrogen-bond donors (Lipinski definition) is 2. The van der Waals surface area contributed by atoms with Crippen LogP contribution in [0, 0.1) is 0 Å². The van der Waals surface area contributed by atoms with Gasteiger partial charge in [0.25, 0.3) is 5.91 Å². The first-order valence-corrected chi connectivity index (χ1v) is 11.0. The molecule has 1 aromatic carbocycles. The second-order valence-electron chi connectivity index (χ2n) is 6.13. The number of ether oxygens (including phenoxy) is 3. The predicted molar refractivity (Wildman–Crippen MR) is 118 cm³/mol. The van der Waals surface area contributed by atoms with Crippen LogP contribution >= 0.6 is 22.9 Å². The number of hydrazine groups is 1. The first-order valence-electron chi connectivity index (χ1n) is 9.83. The second kappa shape index (κ2) is 12.2. The van der Waals surface area contributed by atoms with Gasteiger partial charge in [-0.2, -0.15) is 0 Å². The van der Waals surface area contributed by atoms with E-state index in [1.807, 2.05) is 20.8 Å². The van der Waals surface area contributed by atoms with Crippen molar-refractivity contribution in [1.29, 1.82) is 0 Å². The molecule has 168 valence electrons. The number of carbonyl (C=O) groups excluding carboxylic acids is 3. The van der Waals surface area contributed by atoms with E-state index in [-0.39, 0.29) is 24.2 Å². The Kier molecular flexibility index (Phi) is 9.61. The standard InChI is InChI=1S/C21H25ClN2O6S/c1-4-28-15-11-13(12-16(29-5-2)20(15)30-6-3)21(27)24-23-19(26)10-7-14(25)17-8-9-18(22)31-17/h8-9,11-12H,4-7,10H2,1-3H3,(H,23,26)(H,24,27). The number of ketones is 1. The summed E-state index contributed by atoms with van der Waals surface area (Å²) in [5.74, 6) is -0.0921. The lowest BCUT2D eigenvalue weighted by Crippen LogP contribution is -2.41. The molecular formula is C21H25ClN2O6S. The van der Waals surface area contributed by atoms with Gasteiger partial charge in [-0.15, -0.1) is 11.3 Å². The normalized spacial score (nSPS) is 10.3. The first kappa shape index (κ1) is 24.5. The van der Waals surface area contributed by atoms with Gasteiger partial charge in [-0.1, -0.05) is 11.6 Å². The molecule has 10 heteroatoms. The summed E-state index contributed by atoms with van der Waals surface area (Å²) in [6.07, 6.45) is -0.0725. The summed E-state index contributed by atoms with van der Waals surface area (Å²) in [6.45, 7) is 6.61. The fourth-order valence-corrected chi connectivity index (χ4v) is 3.61. The Morgan fingerprint density at radius 1 is 0.903 bits per heavy atom. The molecule has 2 aromatic rings. The van der Waals surface area contributed by atoms with Crippen molar-refractivity contribution in [3.63, 3.8) is 0 Å². The molecule has 1 aromatic heterocycles. The van der Waals surface area contributed by atoms with E-state index in [1.54, 1.807) is 12.1 Å². The summed E-state index contributed by atoms with van der Waals surface area (Å²) >= 11 is 6.97. The Labute approximate surface area is 189 Å². The molecule has 8 nitrogen and oxygen atoms in total. The fraction of sp³-hybridized carbons (Fsp3) is 0.381. The van der Waals surface area contributed by atoms with Gasteiger partial charge in [0.15, 0.2) is 17.3 Å². The van der Waals surface area contributed by atoms with Crippen molar-refractivity contribution in [3.8, 4) is 17.2 Å². The molecule has 0 spiro atoms. The third-order valence-electron chi connectivity index (χ3n) is 3.91. The number of halogens is 1. The minimum atomic E-state index is -0.560. The van der Waals surface area contributed by atoms with Gasteiger partial charge < -0.3 is 14.2 Å². The molecule has 0 saturated carbocycles. The average Bonchev–Trinajstić information content (AvgIpc) is 3.19. The van der Waals surface area contributed by atoms with Crippen LogP contribution in [0.15, 0.2) is 24.3 Å². The van der Waals surface area contributed by atoms with Crippen molar-refractivity contribution < 1.29 is 28.6 Å². The maximum Gasteiger partial charge on any atom is 0.269 e. The molecule has 2 amide bonds. The highest BCUT2D eigenvalue weighted by atomic mass is 35.5. The summed E-state index contributed by atoms with van der Waals surface area (Å²) in [4.78, 5) is 37.1. The Hall–Kier alpha value is -2.78. The SMILES string of the molecule is CCOc1cc(C(=O)NNC(=O)CCC(=O)c2ccc(Cl)s2)cc(OCC)c1OCC. The number of benzene rings is 1. The van der Waals surface area contributed by atoms with Crippen LogP contribution in [0.3, 0.4) is 0 Å².